The monoisotopic (exact) mass is 377 g/mol. The zero-order valence-electron chi connectivity index (χ0n) is 15.9. The molecule has 0 aliphatic heterocycles. The first-order chi connectivity index (χ1) is 13.7. The standard InChI is InChI=1S/C22H23N3O3/c1-3-28-19-11-9-18(10-12-19)25-21-13-8-17(15-23-21)22(26)24-14-16-6-4-5-7-20(16)27-2/h4-13,15H,3,14H2,1-2H3,(H,23,25)(H,24,26). The average molecular weight is 377 g/mol. The number of carbonyl (C=O) groups is 1. The molecule has 0 saturated carbocycles. The smallest absolute Gasteiger partial charge is 0.253 e. The van der Waals surface area contributed by atoms with Gasteiger partial charge in [0.25, 0.3) is 5.91 Å². The largest absolute Gasteiger partial charge is 0.496 e. The Labute approximate surface area is 164 Å². The van der Waals surface area contributed by atoms with Gasteiger partial charge in [-0.05, 0) is 49.4 Å². The number of benzene rings is 2. The van der Waals surface area contributed by atoms with E-state index in [2.05, 4.69) is 15.6 Å². The van der Waals surface area contributed by atoms with Crippen LogP contribution < -0.4 is 20.1 Å². The predicted molar refractivity (Wildman–Crippen MR) is 109 cm³/mol. The molecule has 1 heterocycles. The number of ether oxygens (including phenoxy) is 2. The topological polar surface area (TPSA) is 72.5 Å². The molecule has 2 N–H and O–H groups in total. The van der Waals surface area contributed by atoms with Crippen molar-refractivity contribution in [2.45, 2.75) is 13.5 Å². The van der Waals surface area contributed by atoms with Gasteiger partial charge in [-0.1, -0.05) is 18.2 Å². The molecule has 0 spiro atoms. The van der Waals surface area contributed by atoms with Crippen molar-refractivity contribution in [2.24, 2.45) is 0 Å². The van der Waals surface area contributed by atoms with Crippen LogP contribution in [0.5, 0.6) is 11.5 Å². The molecule has 0 atom stereocenters. The molecular formula is C22H23N3O3. The summed E-state index contributed by atoms with van der Waals surface area (Å²) in [6.07, 6.45) is 1.55. The average Bonchev–Trinajstić information content (AvgIpc) is 2.74. The molecule has 28 heavy (non-hydrogen) atoms. The maximum atomic E-state index is 12.4. The first-order valence-corrected chi connectivity index (χ1v) is 9.05. The molecule has 0 bridgehead atoms. The van der Waals surface area contributed by atoms with Crippen LogP contribution in [0.2, 0.25) is 0 Å². The van der Waals surface area contributed by atoms with Crippen LogP contribution in [0.25, 0.3) is 0 Å². The summed E-state index contributed by atoms with van der Waals surface area (Å²) in [5.74, 6) is 2.04. The van der Waals surface area contributed by atoms with Crippen molar-refractivity contribution in [3.63, 3.8) is 0 Å². The summed E-state index contributed by atoms with van der Waals surface area (Å²) in [5.41, 5.74) is 2.30. The second kappa shape index (κ2) is 9.41. The SMILES string of the molecule is CCOc1ccc(Nc2ccc(C(=O)NCc3ccccc3OC)cn2)cc1. The molecule has 6 heteroatoms. The molecule has 2 aromatic carbocycles. The fraction of sp³-hybridized carbons (Fsp3) is 0.182. The highest BCUT2D eigenvalue weighted by Gasteiger charge is 2.08. The first-order valence-electron chi connectivity index (χ1n) is 9.05. The van der Waals surface area contributed by atoms with Gasteiger partial charge >= 0.3 is 0 Å². The number of para-hydroxylation sites is 1. The first kappa shape index (κ1) is 19.2. The number of rotatable bonds is 8. The van der Waals surface area contributed by atoms with Crippen LogP contribution in [0, 0.1) is 0 Å². The molecule has 0 aliphatic carbocycles. The quantitative estimate of drug-likeness (QED) is 0.617. The van der Waals surface area contributed by atoms with Gasteiger partial charge in [-0.15, -0.1) is 0 Å². The van der Waals surface area contributed by atoms with Gasteiger partial charge in [-0.3, -0.25) is 4.79 Å². The molecule has 3 aromatic rings. The number of methoxy groups -OCH3 is 1. The zero-order valence-corrected chi connectivity index (χ0v) is 15.9. The second-order valence-corrected chi connectivity index (χ2v) is 6.01. The maximum absolute atomic E-state index is 12.4. The third-order valence-corrected chi connectivity index (χ3v) is 4.10. The minimum absolute atomic E-state index is 0.189. The fourth-order valence-corrected chi connectivity index (χ4v) is 2.68. The van der Waals surface area contributed by atoms with Crippen LogP contribution >= 0.6 is 0 Å². The second-order valence-electron chi connectivity index (χ2n) is 6.01. The molecule has 0 aliphatic rings. The number of amides is 1. The van der Waals surface area contributed by atoms with Crippen molar-refractivity contribution in [3.8, 4) is 11.5 Å². The van der Waals surface area contributed by atoms with Crippen LogP contribution in [0.1, 0.15) is 22.8 Å². The Hall–Kier alpha value is -3.54. The molecule has 1 amide bonds. The minimum atomic E-state index is -0.189. The molecule has 0 unspecified atom stereocenters. The van der Waals surface area contributed by atoms with Crippen molar-refractivity contribution in [2.75, 3.05) is 19.0 Å². The third-order valence-electron chi connectivity index (χ3n) is 4.10. The lowest BCUT2D eigenvalue weighted by Gasteiger charge is -2.10. The lowest BCUT2D eigenvalue weighted by Crippen LogP contribution is -2.23. The number of aromatic nitrogens is 1. The van der Waals surface area contributed by atoms with E-state index < -0.39 is 0 Å². The van der Waals surface area contributed by atoms with E-state index >= 15 is 0 Å². The number of carbonyl (C=O) groups excluding carboxylic acids is 1. The lowest BCUT2D eigenvalue weighted by atomic mass is 10.2. The van der Waals surface area contributed by atoms with Crippen LogP contribution in [0.3, 0.4) is 0 Å². The summed E-state index contributed by atoms with van der Waals surface area (Å²) in [6, 6.07) is 18.7. The van der Waals surface area contributed by atoms with Gasteiger partial charge in [0, 0.05) is 24.0 Å². The Balaban J connectivity index is 1.58. The zero-order chi connectivity index (χ0) is 19.8. The molecule has 3 rings (SSSR count). The van der Waals surface area contributed by atoms with Crippen molar-refractivity contribution >= 4 is 17.4 Å². The van der Waals surface area contributed by atoms with Gasteiger partial charge in [0.05, 0.1) is 19.3 Å². The van der Waals surface area contributed by atoms with Gasteiger partial charge in [0.1, 0.15) is 17.3 Å². The molecule has 144 valence electrons. The van der Waals surface area contributed by atoms with Gasteiger partial charge in [-0.25, -0.2) is 4.98 Å². The summed E-state index contributed by atoms with van der Waals surface area (Å²) in [4.78, 5) is 16.7. The third kappa shape index (κ3) is 5.01. The van der Waals surface area contributed by atoms with Crippen LogP contribution in [0.4, 0.5) is 11.5 Å². The van der Waals surface area contributed by atoms with Crippen molar-refractivity contribution < 1.29 is 14.3 Å². The normalized spacial score (nSPS) is 10.2. The molecule has 6 nitrogen and oxygen atoms in total. The highest BCUT2D eigenvalue weighted by atomic mass is 16.5. The van der Waals surface area contributed by atoms with E-state index in [4.69, 9.17) is 9.47 Å². The summed E-state index contributed by atoms with van der Waals surface area (Å²) >= 11 is 0. The van der Waals surface area contributed by atoms with Crippen molar-refractivity contribution in [1.82, 2.24) is 10.3 Å². The molecule has 0 radical (unpaired) electrons. The number of hydrogen-bond donors (Lipinski definition) is 2. The Morgan fingerprint density at radius 2 is 1.82 bits per heavy atom. The van der Waals surface area contributed by atoms with E-state index in [-0.39, 0.29) is 5.91 Å². The summed E-state index contributed by atoms with van der Waals surface area (Å²) in [5, 5.41) is 6.08. The Morgan fingerprint density at radius 3 is 2.50 bits per heavy atom. The van der Waals surface area contributed by atoms with Crippen molar-refractivity contribution in [3.05, 3.63) is 78.0 Å². The fourth-order valence-electron chi connectivity index (χ4n) is 2.68. The van der Waals surface area contributed by atoms with Crippen molar-refractivity contribution in [1.29, 1.82) is 0 Å². The molecular weight excluding hydrogens is 354 g/mol. The Bertz CT molecular complexity index is 909. The Morgan fingerprint density at radius 1 is 1.04 bits per heavy atom. The van der Waals surface area contributed by atoms with E-state index in [1.165, 1.54) is 0 Å². The van der Waals surface area contributed by atoms with Crippen LogP contribution in [-0.2, 0) is 6.54 Å². The molecule has 1 aromatic heterocycles. The number of nitrogens with zero attached hydrogens (tertiary/aromatic N) is 1. The molecule has 0 fully saturated rings. The van der Waals surface area contributed by atoms with E-state index in [1.807, 2.05) is 55.5 Å². The summed E-state index contributed by atoms with van der Waals surface area (Å²) in [7, 11) is 1.61. The summed E-state index contributed by atoms with van der Waals surface area (Å²) < 4.78 is 10.7. The number of hydrogen-bond acceptors (Lipinski definition) is 5. The number of nitrogens with one attached hydrogen (secondary N) is 2. The van der Waals surface area contributed by atoms with Crippen LogP contribution in [0.15, 0.2) is 66.9 Å². The van der Waals surface area contributed by atoms with E-state index in [9.17, 15) is 4.79 Å². The van der Waals surface area contributed by atoms with Gasteiger partial charge in [0.2, 0.25) is 0 Å². The maximum Gasteiger partial charge on any atom is 0.253 e. The van der Waals surface area contributed by atoms with E-state index in [1.54, 1.807) is 25.4 Å². The van der Waals surface area contributed by atoms with Gasteiger partial charge in [0.15, 0.2) is 0 Å². The van der Waals surface area contributed by atoms with E-state index in [0.29, 0.717) is 24.5 Å². The van der Waals surface area contributed by atoms with Gasteiger partial charge in [-0.2, -0.15) is 0 Å². The summed E-state index contributed by atoms with van der Waals surface area (Å²) in [6.45, 7) is 2.97. The predicted octanol–water partition coefficient (Wildman–Crippen LogP) is 4.16. The number of pyridine rings is 1. The molecule has 0 saturated heterocycles. The van der Waals surface area contributed by atoms with Gasteiger partial charge < -0.3 is 20.1 Å². The Kier molecular flexibility index (Phi) is 6.46. The minimum Gasteiger partial charge on any atom is -0.496 e. The van der Waals surface area contributed by atoms with E-state index in [0.717, 1.165) is 22.7 Å². The van der Waals surface area contributed by atoms with Crippen LogP contribution in [-0.4, -0.2) is 24.6 Å². The highest BCUT2D eigenvalue weighted by Crippen LogP contribution is 2.19. The highest BCUT2D eigenvalue weighted by molar-refractivity contribution is 5.94. The lowest BCUT2D eigenvalue weighted by molar-refractivity contribution is 0.0950. The number of anilines is 2.